The van der Waals surface area contributed by atoms with Crippen molar-refractivity contribution in [2.45, 2.75) is 6.04 Å². The van der Waals surface area contributed by atoms with Crippen LogP contribution in [0.1, 0.15) is 11.6 Å². The number of benzene rings is 1. The molecule has 1 fully saturated rings. The lowest BCUT2D eigenvalue weighted by Gasteiger charge is -2.09. The van der Waals surface area contributed by atoms with Crippen LogP contribution in [-0.4, -0.2) is 19.0 Å². The summed E-state index contributed by atoms with van der Waals surface area (Å²) in [5.41, 5.74) is 0.377. The lowest BCUT2D eigenvalue weighted by atomic mass is 10.1. The van der Waals surface area contributed by atoms with E-state index < -0.39 is 23.8 Å². The first-order valence-electron chi connectivity index (χ1n) is 4.56. The van der Waals surface area contributed by atoms with Gasteiger partial charge in [-0.1, -0.05) is 6.07 Å². The summed E-state index contributed by atoms with van der Waals surface area (Å²) in [5.74, 6) is -0.975. The maximum Gasteiger partial charge on any atom is 0.322 e. The molecule has 1 aliphatic heterocycles. The van der Waals surface area contributed by atoms with Gasteiger partial charge in [-0.05, 0) is 17.7 Å². The molecule has 84 valence electrons. The van der Waals surface area contributed by atoms with Gasteiger partial charge in [0.1, 0.15) is 6.04 Å². The highest BCUT2D eigenvalue weighted by Crippen LogP contribution is 2.23. The highest BCUT2D eigenvalue weighted by molar-refractivity contribution is 6.04. The van der Waals surface area contributed by atoms with E-state index in [1.165, 1.54) is 19.2 Å². The van der Waals surface area contributed by atoms with Crippen LogP contribution in [0.4, 0.5) is 9.18 Å². The second-order valence-corrected chi connectivity index (χ2v) is 3.29. The van der Waals surface area contributed by atoms with Gasteiger partial charge in [-0.25, -0.2) is 9.18 Å². The standard InChI is InChI=1S/C10H9FN2O3/c1-16-7-3-2-5(4-6(7)11)8-9(14)13-10(15)12-8/h2-4,8H,1H3,(H2,12,13,14,15)/t8-/m1/s1. The minimum atomic E-state index is -0.840. The van der Waals surface area contributed by atoms with E-state index in [9.17, 15) is 14.0 Å². The van der Waals surface area contributed by atoms with Crippen LogP contribution in [-0.2, 0) is 4.79 Å². The number of ether oxygens (including phenoxy) is 1. The summed E-state index contributed by atoms with van der Waals surface area (Å²) in [6.07, 6.45) is 0. The Morgan fingerprint density at radius 1 is 1.38 bits per heavy atom. The molecule has 0 bridgehead atoms. The van der Waals surface area contributed by atoms with Crippen molar-refractivity contribution in [3.8, 4) is 5.75 Å². The van der Waals surface area contributed by atoms with E-state index in [0.717, 1.165) is 6.07 Å². The molecule has 1 aliphatic rings. The summed E-state index contributed by atoms with van der Waals surface area (Å²) >= 11 is 0. The van der Waals surface area contributed by atoms with Gasteiger partial charge in [0.15, 0.2) is 11.6 Å². The molecule has 1 aromatic rings. The summed E-state index contributed by atoms with van der Waals surface area (Å²) in [4.78, 5) is 22.2. The Labute approximate surface area is 90.6 Å². The summed E-state index contributed by atoms with van der Waals surface area (Å²) in [7, 11) is 1.35. The topological polar surface area (TPSA) is 67.4 Å². The minimum absolute atomic E-state index is 0.0912. The first kappa shape index (κ1) is 10.4. The molecule has 3 amide bonds. The number of hydrogen-bond donors (Lipinski definition) is 2. The van der Waals surface area contributed by atoms with Crippen LogP contribution in [0, 0.1) is 5.82 Å². The predicted molar refractivity (Wildman–Crippen MR) is 52.4 cm³/mol. The van der Waals surface area contributed by atoms with Gasteiger partial charge in [0, 0.05) is 0 Å². The zero-order valence-corrected chi connectivity index (χ0v) is 8.41. The Morgan fingerprint density at radius 3 is 2.62 bits per heavy atom. The van der Waals surface area contributed by atoms with Crippen molar-refractivity contribution in [2.75, 3.05) is 7.11 Å². The van der Waals surface area contributed by atoms with Gasteiger partial charge >= 0.3 is 6.03 Å². The molecule has 0 spiro atoms. The Hall–Kier alpha value is -2.11. The molecule has 1 heterocycles. The van der Waals surface area contributed by atoms with Gasteiger partial charge in [-0.2, -0.15) is 0 Å². The molecule has 16 heavy (non-hydrogen) atoms. The van der Waals surface area contributed by atoms with Gasteiger partial charge in [0.05, 0.1) is 7.11 Å². The van der Waals surface area contributed by atoms with Crippen LogP contribution < -0.4 is 15.4 Å². The number of methoxy groups -OCH3 is 1. The molecule has 1 saturated heterocycles. The van der Waals surface area contributed by atoms with Gasteiger partial charge in [-0.3, -0.25) is 10.1 Å². The molecule has 0 radical (unpaired) electrons. The van der Waals surface area contributed by atoms with Gasteiger partial charge < -0.3 is 10.1 Å². The van der Waals surface area contributed by atoms with Crippen molar-refractivity contribution in [3.05, 3.63) is 29.6 Å². The molecule has 2 N–H and O–H groups in total. The number of rotatable bonds is 2. The van der Waals surface area contributed by atoms with Crippen LogP contribution in [0.5, 0.6) is 5.75 Å². The normalized spacial score (nSPS) is 19.2. The van der Waals surface area contributed by atoms with E-state index in [-0.39, 0.29) is 5.75 Å². The van der Waals surface area contributed by atoms with Crippen molar-refractivity contribution in [1.82, 2.24) is 10.6 Å². The lowest BCUT2D eigenvalue weighted by Crippen LogP contribution is -2.22. The predicted octanol–water partition coefficient (Wildman–Crippen LogP) is 0.715. The molecule has 0 aliphatic carbocycles. The molecular formula is C10H9FN2O3. The van der Waals surface area contributed by atoms with Crippen molar-refractivity contribution >= 4 is 11.9 Å². The first-order chi connectivity index (χ1) is 7.61. The molecule has 2 rings (SSSR count). The fourth-order valence-electron chi connectivity index (χ4n) is 1.51. The van der Waals surface area contributed by atoms with Crippen LogP contribution in [0.15, 0.2) is 18.2 Å². The molecule has 0 aromatic heterocycles. The molecule has 6 heteroatoms. The number of urea groups is 1. The number of carbonyl (C=O) groups is 2. The molecule has 0 saturated carbocycles. The average molecular weight is 224 g/mol. The maximum atomic E-state index is 13.4. The molecule has 1 aromatic carbocycles. The summed E-state index contributed by atoms with van der Waals surface area (Å²) < 4.78 is 18.1. The fourth-order valence-corrected chi connectivity index (χ4v) is 1.51. The maximum absolute atomic E-state index is 13.4. The Kier molecular flexibility index (Phi) is 2.47. The number of nitrogens with one attached hydrogen (secondary N) is 2. The van der Waals surface area contributed by atoms with Gasteiger partial charge in [0.25, 0.3) is 5.91 Å². The third kappa shape index (κ3) is 1.69. The van der Waals surface area contributed by atoms with Crippen LogP contribution in [0.25, 0.3) is 0 Å². The van der Waals surface area contributed by atoms with E-state index in [1.807, 2.05) is 0 Å². The first-order valence-corrected chi connectivity index (χ1v) is 4.56. The van der Waals surface area contributed by atoms with Crippen LogP contribution in [0.2, 0.25) is 0 Å². The zero-order chi connectivity index (χ0) is 11.7. The van der Waals surface area contributed by atoms with E-state index in [0.29, 0.717) is 5.56 Å². The minimum Gasteiger partial charge on any atom is -0.494 e. The number of imide groups is 1. The van der Waals surface area contributed by atoms with Crippen LogP contribution >= 0.6 is 0 Å². The fraction of sp³-hybridized carbons (Fsp3) is 0.200. The van der Waals surface area contributed by atoms with Gasteiger partial charge in [-0.15, -0.1) is 0 Å². The van der Waals surface area contributed by atoms with Crippen molar-refractivity contribution in [3.63, 3.8) is 0 Å². The third-order valence-corrected chi connectivity index (χ3v) is 2.28. The summed E-state index contributed by atoms with van der Waals surface area (Å²) in [6.45, 7) is 0. The Bertz CT molecular complexity index is 461. The lowest BCUT2D eigenvalue weighted by molar-refractivity contribution is -0.120. The smallest absolute Gasteiger partial charge is 0.322 e. The number of hydrogen-bond acceptors (Lipinski definition) is 3. The molecular weight excluding hydrogens is 215 g/mol. The molecule has 0 unspecified atom stereocenters. The summed E-state index contributed by atoms with van der Waals surface area (Å²) in [6, 6.07) is 2.67. The highest BCUT2D eigenvalue weighted by Gasteiger charge is 2.31. The van der Waals surface area contributed by atoms with Crippen LogP contribution in [0.3, 0.4) is 0 Å². The Balaban J connectivity index is 2.31. The second-order valence-electron chi connectivity index (χ2n) is 3.29. The van der Waals surface area contributed by atoms with Crippen molar-refractivity contribution in [2.24, 2.45) is 0 Å². The SMILES string of the molecule is COc1ccc([C@H]2NC(=O)NC2=O)cc1F. The quantitative estimate of drug-likeness (QED) is 0.727. The zero-order valence-electron chi connectivity index (χ0n) is 8.41. The highest BCUT2D eigenvalue weighted by atomic mass is 19.1. The Morgan fingerprint density at radius 2 is 2.12 bits per heavy atom. The van der Waals surface area contributed by atoms with Crippen molar-refractivity contribution in [1.29, 1.82) is 0 Å². The average Bonchev–Trinajstić information content (AvgIpc) is 2.58. The van der Waals surface area contributed by atoms with Crippen molar-refractivity contribution < 1.29 is 18.7 Å². The number of amides is 3. The second kappa shape index (κ2) is 3.80. The largest absolute Gasteiger partial charge is 0.494 e. The van der Waals surface area contributed by atoms with E-state index in [1.54, 1.807) is 0 Å². The summed E-state index contributed by atoms with van der Waals surface area (Å²) in [5, 5.41) is 4.45. The van der Waals surface area contributed by atoms with E-state index >= 15 is 0 Å². The number of carbonyl (C=O) groups excluding carboxylic acids is 2. The van der Waals surface area contributed by atoms with E-state index in [2.05, 4.69) is 10.6 Å². The molecule has 1 atom stereocenters. The van der Waals surface area contributed by atoms with Gasteiger partial charge in [0.2, 0.25) is 0 Å². The third-order valence-electron chi connectivity index (χ3n) is 2.28. The number of halogens is 1. The van der Waals surface area contributed by atoms with E-state index in [4.69, 9.17) is 4.74 Å². The monoisotopic (exact) mass is 224 g/mol. The molecule has 5 nitrogen and oxygen atoms in total.